The van der Waals surface area contributed by atoms with Crippen molar-refractivity contribution >= 4 is 28.2 Å². The van der Waals surface area contributed by atoms with E-state index in [1.807, 2.05) is 5.48 Å². The summed E-state index contributed by atoms with van der Waals surface area (Å²) in [7, 11) is 0. The maximum absolute atomic E-state index is 13.7. The Balaban J connectivity index is 2.00. The van der Waals surface area contributed by atoms with Crippen LogP contribution in [0.15, 0.2) is 40.0 Å². The Morgan fingerprint density at radius 2 is 2.04 bits per heavy atom. The number of nitro benzene ring substituents is 1. The van der Waals surface area contributed by atoms with Crippen molar-refractivity contribution in [2.45, 2.75) is 6.42 Å². The highest BCUT2D eigenvalue weighted by Crippen LogP contribution is 2.30. The molecule has 0 atom stereocenters. The van der Waals surface area contributed by atoms with Gasteiger partial charge in [0.05, 0.1) is 10.6 Å². The van der Waals surface area contributed by atoms with Gasteiger partial charge >= 0.3 is 5.69 Å². The van der Waals surface area contributed by atoms with Crippen molar-refractivity contribution in [3.05, 3.63) is 57.6 Å². The maximum Gasteiger partial charge on any atom is 0.300 e. The zero-order valence-corrected chi connectivity index (χ0v) is 12.3. The maximum atomic E-state index is 13.7. The number of nitro groups is 1. The predicted molar refractivity (Wildman–Crippen MR) is 80.5 cm³/mol. The number of hydrogen-bond donors (Lipinski definition) is 2. The zero-order chi connectivity index (χ0) is 18.0. The van der Waals surface area contributed by atoms with Crippen LogP contribution in [0.3, 0.4) is 0 Å². The summed E-state index contributed by atoms with van der Waals surface area (Å²) in [5.41, 5.74) is 1.57. The van der Waals surface area contributed by atoms with Crippen molar-refractivity contribution in [3.8, 4) is 0 Å². The van der Waals surface area contributed by atoms with E-state index in [0.717, 1.165) is 12.1 Å². The molecule has 0 aliphatic heterocycles. The number of hydroxylamine groups is 1. The van der Waals surface area contributed by atoms with Crippen molar-refractivity contribution in [2.75, 3.05) is 0 Å². The molecule has 1 aromatic heterocycles. The van der Waals surface area contributed by atoms with Crippen LogP contribution in [0.4, 0.5) is 20.2 Å². The summed E-state index contributed by atoms with van der Waals surface area (Å²) in [5.74, 6) is -1.63. The molecule has 0 spiro atoms. The molecule has 0 saturated carbocycles. The summed E-state index contributed by atoms with van der Waals surface area (Å²) >= 11 is 0. The van der Waals surface area contributed by atoms with Crippen LogP contribution < -0.4 is 5.48 Å². The first-order valence-electron chi connectivity index (χ1n) is 6.81. The van der Waals surface area contributed by atoms with Crippen molar-refractivity contribution in [2.24, 2.45) is 4.99 Å². The van der Waals surface area contributed by atoms with Crippen LogP contribution in [0, 0.1) is 21.7 Å². The highest BCUT2D eigenvalue weighted by molar-refractivity contribution is 5.96. The fraction of sp³-hybridized carbons (Fsp3) is 0.0714. The molecule has 128 valence electrons. The average Bonchev–Trinajstić information content (AvgIpc) is 3.06. The molecule has 1 heterocycles. The van der Waals surface area contributed by atoms with E-state index in [1.165, 1.54) is 12.1 Å². The van der Waals surface area contributed by atoms with Crippen LogP contribution in [0.5, 0.6) is 0 Å². The van der Waals surface area contributed by atoms with Gasteiger partial charge in [-0.1, -0.05) is 6.07 Å². The highest BCUT2D eigenvalue weighted by atomic mass is 19.1. The van der Waals surface area contributed by atoms with E-state index in [-0.39, 0.29) is 40.2 Å². The molecule has 0 bridgehead atoms. The third-order valence-electron chi connectivity index (χ3n) is 3.33. The third-order valence-corrected chi connectivity index (χ3v) is 3.33. The second kappa shape index (κ2) is 6.57. The molecule has 3 aromatic rings. The van der Waals surface area contributed by atoms with Crippen molar-refractivity contribution < 1.29 is 23.5 Å². The first-order valence-corrected chi connectivity index (χ1v) is 6.81. The lowest BCUT2D eigenvalue weighted by Crippen LogP contribution is -2.21. The van der Waals surface area contributed by atoms with E-state index < -0.39 is 16.6 Å². The molecule has 11 heteroatoms. The number of rotatable bonds is 4. The van der Waals surface area contributed by atoms with Crippen LogP contribution in [-0.2, 0) is 6.42 Å². The fourth-order valence-corrected chi connectivity index (χ4v) is 2.17. The summed E-state index contributed by atoms with van der Waals surface area (Å²) < 4.78 is 31.2. The number of halogens is 2. The topological polar surface area (TPSA) is 127 Å². The largest absolute Gasteiger partial charge is 0.300 e. The molecule has 0 unspecified atom stereocenters. The van der Waals surface area contributed by atoms with E-state index in [2.05, 4.69) is 19.9 Å². The van der Waals surface area contributed by atoms with Crippen LogP contribution in [-0.4, -0.2) is 26.3 Å². The summed E-state index contributed by atoms with van der Waals surface area (Å²) in [5, 5.41) is 27.2. The minimum Gasteiger partial charge on any atom is -0.290 e. The van der Waals surface area contributed by atoms with Crippen LogP contribution >= 0.6 is 0 Å². The Bertz CT molecular complexity index is 989. The predicted octanol–water partition coefficient (Wildman–Crippen LogP) is 2.66. The molecule has 3 rings (SSSR count). The minimum atomic E-state index is -0.806. The van der Waals surface area contributed by atoms with Crippen LogP contribution in [0.2, 0.25) is 0 Å². The van der Waals surface area contributed by atoms with E-state index in [4.69, 9.17) is 0 Å². The van der Waals surface area contributed by atoms with Crippen molar-refractivity contribution in [1.29, 1.82) is 0 Å². The average molecular weight is 349 g/mol. The van der Waals surface area contributed by atoms with Gasteiger partial charge in [-0.25, -0.2) is 18.4 Å². The van der Waals surface area contributed by atoms with E-state index >= 15 is 0 Å². The van der Waals surface area contributed by atoms with Gasteiger partial charge in [0.1, 0.15) is 17.5 Å². The molecule has 9 nitrogen and oxygen atoms in total. The summed E-state index contributed by atoms with van der Waals surface area (Å²) in [6, 6.07) is 5.41. The summed E-state index contributed by atoms with van der Waals surface area (Å²) in [6.07, 6.45) is -0.188. The Morgan fingerprint density at radius 3 is 2.72 bits per heavy atom. The number of benzene rings is 2. The monoisotopic (exact) mass is 349 g/mol. The lowest BCUT2D eigenvalue weighted by molar-refractivity contribution is -0.383. The number of nitrogens with zero attached hydrogens (tertiary/aromatic N) is 4. The fourth-order valence-electron chi connectivity index (χ4n) is 2.17. The molecule has 0 fully saturated rings. The molecule has 0 amide bonds. The van der Waals surface area contributed by atoms with Gasteiger partial charge in [0.15, 0.2) is 5.52 Å². The van der Waals surface area contributed by atoms with Crippen LogP contribution in [0.1, 0.15) is 5.56 Å². The molecular weight excluding hydrogens is 340 g/mol. The van der Waals surface area contributed by atoms with Gasteiger partial charge in [-0.05, 0) is 28.0 Å². The van der Waals surface area contributed by atoms with Gasteiger partial charge in [0.2, 0.25) is 5.52 Å². The smallest absolute Gasteiger partial charge is 0.290 e. The molecule has 25 heavy (non-hydrogen) atoms. The summed E-state index contributed by atoms with van der Waals surface area (Å²) in [6.45, 7) is 0. The quantitative estimate of drug-likeness (QED) is 0.321. The molecular formula is C14H9F2N5O4. The highest BCUT2D eigenvalue weighted by Gasteiger charge is 2.20. The third kappa shape index (κ3) is 3.26. The van der Waals surface area contributed by atoms with Crippen LogP contribution in [0.25, 0.3) is 11.0 Å². The number of amidine groups is 1. The zero-order valence-electron chi connectivity index (χ0n) is 12.3. The van der Waals surface area contributed by atoms with Crippen molar-refractivity contribution in [1.82, 2.24) is 15.8 Å². The van der Waals surface area contributed by atoms with Gasteiger partial charge in [0, 0.05) is 18.6 Å². The van der Waals surface area contributed by atoms with Gasteiger partial charge < -0.3 is 0 Å². The lowest BCUT2D eigenvalue weighted by atomic mass is 10.1. The second-order valence-corrected chi connectivity index (χ2v) is 4.91. The number of fused-ring (bicyclic) bond motifs is 1. The Labute approximate surface area is 137 Å². The first-order chi connectivity index (χ1) is 12.0. The van der Waals surface area contributed by atoms with Gasteiger partial charge in [0.25, 0.3) is 0 Å². The SMILES string of the molecule is O=[N+]([O-])c1ccc(N=C(Cc2ccc(F)cc2F)NO)c2nonc12. The molecule has 2 N–H and O–H groups in total. The standard InChI is InChI=1S/C14H9F2N5O4/c15-8-2-1-7(9(16)6-8)5-12(18-22)17-10-3-4-11(21(23)24)14-13(10)19-25-20-14/h1-4,6,22H,5H2,(H,17,18). The normalized spacial score (nSPS) is 11.7. The number of nitrogens with one attached hydrogen (secondary N) is 1. The molecule has 0 aliphatic carbocycles. The second-order valence-electron chi connectivity index (χ2n) is 4.91. The van der Waals surface area contributed by atoms with Gasteiger partial charge in [-0.15, -0.1) is 0 Å². The van der Waals surface area contributed by atoms with Gasteiger partial charge in [-0.3, -0.25) is 20.8 Å². The molecule has 0 aliphatic rings. The van der Waals surface area contributed by atoms with E-state index in [9.17, 15) is 24.1 Å². The van der Waals surface area contributed by atoms with Crippen molar-refractivity contribution in [3.63, 3.8) is 0 Å². The van der Waals surface area contributed by atoms with E-state index in [0.29, 0.717) is 6.07 Å². The van der Waals surface area contributed by atoms with E-state index in [1.54, 1.807) is 0 Å². The molecule has 0 saturated heterocycles. The Hall–Kier alpha value is -3.47. The Morgan fingerprint density at radius 1 is 1.28 bits per heavy atom. The number of non-ortho nitro benzene ring substituents is 1. The lowest BCUT2D eigenvalue weighted by Gasteiger charge is -2.06. The molecule has 0 radical (unpaired) electrons. The number of hydrogen-bond acceptors (Lipinski definition) is 7. The number of aromatic nitrogens is 2. The molecule has 2 aromatic carbocycles. The Kier molecular flexibility index (Phi) is 4.31. The minimum absolute atomic E-state index is 0.00141. The summed E-state index contributed by atoms with van der Waals surface area (Å²) in [4.78, 5) is 14.3. The first kappa shape index (κ1) is 16.4. The number of aliphatic imine (C=N–C) groups is 1. The van der Waals surface area contributed by atoms with Gasteiger partial charge in [-0.2, -0.15) is 0 Å².